The third-order valence-electron chi connectivity index (χ3n) is 4.51. The van der Waals surface area contributed by atoms with Crippen LogP contribution in [0.5, 0.6) is 0 Å². The molecule has 0 unspecified atom stereocenters. The number of nitrogens with zero attached hydrogens (tertiary/aromatic N) is 3. The number of aliphatic hydroxyl groups excluding tert-OH is 1. The van der Waals surface area contributed by atoms with Gasteiger partial charge < -0.3 is 14.5 Å². The summed E-state index contributed by atoms with van der Waals surface area (Å²) in [5.74, 6) is 1.15. The lowest BCUT2D eigenvalue weighted by atomic mass is 10.0. The van der Waals surface area contributed by atoms with Crippen LogP contribution in [0.1, 0.15) is 56.3 Å². The van der Waals surface area contributed by atoms with E-state index in [0.717, 1.165) is 32.4 Å². The number of hydrogen-bond acceptors (Lipinski definition) is 5. The van der Waals surface area contributed by atoms with E-state index in [1.807, 2.05) is 7.05 Å². The van der Waals surface area contributed by atoms with Crippen molar-refractivity contribution in [1.29, 1.82) is 0 Å². The molecule has 1 amide bonds. The minimum Gasteiger partial charge on any atom is -0.393 e. The average Bonchev–Trinajstić information content (AvgIpc) is 2.96. The Balaban J connectivity index is 1.91. The van der Waals surface area contributed by atoms with Crippen molar-refractivity contribution in [2.45, 2.75) is 58.7 Å². The summed E-state index contributed by atoms with van der Waals surface area (Å²) in [4.78, 5) is 16.4. The summed E-state index contributed by atoms with van der Waals surface area (Å²) in [5, 5.41) is 13.5. The van der Waals surface area contributed by atoms with Crippen LogP contribution in [0.4, 0.5) is 0 Å². The zero-order valence-corrected chi connectivity index (χ0v) is 14.7. The normalized spacial score (nSPS) is 18.3. The van der Waals surface area contributed by atoms with Crippen molar-refractivity contribution < 1.29 is 14.4 Å². The van der Waals surface area contributed by atoms with E-state index in [9.17, 15) is 9.90 Å². The highest BCUT2D eigenvalue weighted by molar-refractivity contribution is 5.92. The first kappa shape index (κ1) is 17.9. The fourth-order valence-electron chi connectivity index (χ4n) is 3.01. The zero-order valence-electron chi connectivity index (χ0n) is 14.7. The largest absolute Gasteiger partial charge is 0.393 e. The van der Waals surface area contributed by atoms with Crippen LogP contribution in [-0.4, -0.2) is 58.3 Å². The van der Waals surface area contributed by atoms with Gasteiger partial charge in [0, 0.05) is 32.2 Å². The zero-order chi connectivity index (χ0) is 17.0. The highest BCUT2D eigenvalue weighted by Crippen LogP contribution is 2.16. The lowest BCUT2D eigenvalue weighted by Crippen LogP contribution is -2.36. The lowest BCUT2D eigenvalue weighted by Gasteiger charge is -2.28. The minimum absolute atomic E-state index is 0.0952. The molecular weight excluding hydrogens is 294 g/mol. The van der Waals surface area contributed by atoms with E-state index >= 15 is 0 Å². The molecule has 0 bridgehead atoms. The monoisotopic (exact) mass is 323 g/mol. The molecule has 2 rings (SSSR count). The summed E-state index contributed by atoms with van der Waals surface area (Å²) in [7, 11) is 1.82. The van der Waals surface area contributed by atoms with Crippen molar-refractivity contribution in [2.75, 3.05) is 20.1 Å². The fraction of sp³-hybridized carbons (Fsp3) is 0.765. The first-order valence-corrected chi connectivity index (χ1v) is 8.50. The van der Waals surface area contributed by atoms with Gasteiger partial charge in [0.05, 0.1) is 12.6 Å². The van der Waals surface area contributed by atoms with Crippen LogP contribution >= 0.6 is 0 Å². The maximum absolute atomic E-state index is 12.5. The molecule has 0 spiro atoms. The Kier molecular flexibility index (Phi) is 6.18. The van der Waals surface area contributed by atoms with Crippen LogP contribution in [0.25, 0.3) is 0 Å². The van der Waals surface area contributed by atoms with Gasteiger partial charge in [0.2, 0.25) is 0 Å². The SMILES string of the molecule is CC(C)C[C@H](C)N(C)C(=O)c1cc(CN2CCC(O)CC2)on1. The molecular formula is C17H29N3O3. The number of likely N-dealkylation sites (tertiary alicyclic amines) is 1. The van der Waals surface area contributed by atoms with E-state index in [4.69, 9.17) is 4.52 Å². The molecule has 1 N–H and O–H groups in total. The number of piperidine rings is 1. The summed E-state index contributed by atoms with van der Waals surface area (Å²) in [6.45, 7) is 8.68. The Hall–Kier alpha value is -1.40. The second-order valence-corrected chi connectivity index (χ2v) is 7.08. The smallest absolute Gasteiger partial charge is 0.276 e. The molecule has 6 nitrogen and oxygen atoms in total. The van der Waals surface area contributed by atoms with Gasteiger partial charge in [0.1, 0.15) is 0 Å². The van der Waals surface area contributed by atoms with Crippen LogP contribution in [0.2, 0.25) is 0 Å². The molecule has 0 aliphatic carbocycles. The van der Waals surface area contributed by atoms with Crippen LogP contribution in [-0.2, 0) is 6.54 Å². The van der Waals surface area contributed by atoms with E-state index in [1.165, 1.54) is 0 Å². The standard InChI is InChI=1S/C17H29N3O3/c1-12(2)9-13(3)19(4)17(22)16-10-15(23-18-16)11-20-7-5-14(21)6-8-20/h10,12-14,21H,5-9,11H2,1-4H3/t13-/m0/s1. The van der Waals surface area contributed by atoms with Gasteiger partial charge in [0.25, 0.3) is 5.91 Å². The molecule has 1 aromatic heterocycles. The molecule has 0 saturated carbocycles. The first-order chi connectivity index (χ1) is 10.9. The summed E-state index contributed by atoms with van der Waals surface area (Å²) in [6.07, 6.45) is 2.35. The summed E-state index contributed by atoms with van der Waals surface area (Å²) >= 11 is 0. The van der Waals surface area contributed by atoms with Gasteiger partial charge in [-0.3, -0.25) is 9.69 Å². The van der Waals surface area contributed by atoms with Gasteiger partial charge in [-0.25, -0.2) is 0 Å². The van der Waals surface area contributed by atoms with Crippen molar-refractivity contribution >= 4 is 5.91 Å². The maximum Gasteiger partial charge on any atom is 0.276 e. The predicted molar refractivity (Wildman–Crippen MR) is 88.0 cm³/mol. The summed E-state index contributed by atoms with van der Waals surface area (Å²) < 4.78 is 5.32. The van der Waals surface area contributed by atoms with Gasteiger partial charge in [-0.15, -0.1) is 0 Å². The molecule has 0 radical (unpaired) electrons. The highest BCUT2D eigenvalue weighted by Gasteiger charge is 2.23. The number of hydrogen-bond donors (Lipinski definition) is 1. The number of carbonyl (C=O) groups excluding carboxylic acids is 1. The summed E-state index contributed by atoms with van der Waals surface area (Å²) in [5.41, 5.74) is 0.371. The molecule has 2 heterocycles. The summed E-state index contributed by atoms with van der Waals surface area (Å²) in [6, 6.07) is 1.91. The van der Waals surface area contributed by atoms with Crippen LogP contribution < -0.4 is 0 Å². The molecule has 1 aliphatic rings. The van der Waals surface area contributed by atoms with E-state index in [1.54, 1.807) is 11.0 Å². The van der Waals surface area contributed by atoms with Crippen LogP contribution in [0, 0.1) is 5.92 Å². The number of carbonyl (C=O) groups is 1. The fourth-order valence-corrected chi connectivity index (χ4v) is 3.01. The van der Waals surface area contributed by atoms with E-state index < -0.39 is 0 Å². The molecule has 1 atom stereocenters. The van der Waals surface area contributed by atoms with Crippen molar-refractivity contribution in [3.8, 4) is 0 Å². The number of amides is 1. The molecule has 1 fully saturated rings. The van der Waals surface area contributed by atoms with Gasteiger partial charge in [-0.05, 0) is 32.1 Å². The Morgan fingerprint density at radius 1 is 1.43 bits per heavy atom. The second kappa shape index (κ2) is 7.93. The van der Waals surface area contributed by atoms with Gasteiger partial charge in [-0.1, -0.05) is 19.0 Å². The van der Waals surface area contributed by atoms with Crippen molar-refractivity contribution in [2.24, 2.45) is 5.92 Å². The molecule has 1 aromatic rings. The molecule has 130 valence electrons. The van der Waals surface area contributed by atoms with Gasteiger partial charge >= 0.3 is 0 Å². The number of aromatic nitrogens is 1. The van der Waals surface area contributed by atoms with Crippen molar-refractivity contribution in [3.05, 3.63) is 17.5 Å². The third-order valence-corrected chi connectivity index (χ3v) is 4.51. The van der Waals surface area contributed by atoms with Crippen LogP contribution in [0.15, 0.2) is 10.6 Å². The van der Waals surface area contributed by atoms with E-state index in [-0.39, 0.29) is 18.1 Å². The second-order valence-electron chi connectivity index (χ2n) is 7.08. The Labute approximate surface area is 138 Å². The van der Waals surface area contributed by atoms with Crippen LogP contribution in [0.3, 0.4) is 0 Å². The Morgan fingerprint density at radius 2 is 2.09 bits per heavy atom. The van der Waals surface area contributed by atoms with Crippen molar-refractivity contribution in [3.63, 3.8) is 0 Å². The lowest BCUT2D eigenvalue weighted by molar-refractivity contribution is 0.0712. The maximum atomic E-state index is 12.5. The topological polar surface area (TPSA) is 69.8 Å². The minimum atomic E-state index is -0.186. The van der Waals surface area contributed by atoms with E-state index in [2.05, 4.69) is 30.8 Å². The quantitative estimate of drug-likeness (QED) is 0.868. The molecule has 1 aliphatic heterocycles. The highest BCUT2D eigenvalue weighted by atomic mass is 16.5. The Bertz CT molecular complexity index is 507. The molecule has 0 aromatic carbocycles. The van der Waals surface area contributed by atoms with Gasteiger partial charge in [0.15, 0.2) is 11.5 Å². The van der Waals surface area contributed by atoms with Crippen molar-refractivity contribution in [1.82, 2.24) is 15.0 Å². The number of aliphatic hydroxyl groups is 1. The van der Waals surface area contributed by atoms with E-state index in [0.29, 0.717) is 23.9 Å². The first-order valence-electron chi connectivity index (χ1n) is 8.50. The number of rotatable bonds is 6. The predicted octanol–water partition coefficient (Wildman–Crippen LogP) is 2.14. The molecule has 6 heteroatoms. The van der Waals surface area contributed by atoms with Gasteiger partial charge in [-0.2, -0.15) is 0 Å². The third kappa shape index (κ3) is 5.04. The Morgan fingerprint density at radius 3 is 2.70 bits per heavy atom. The molecule has 1 saturated heterocycles. The molecule has 23 heavy (non-hydrogen) atoms. The average molecular weight is 323 g/mol.